The van der Waals surface area contributed by atoms with Crippen LogP contribution in [0.1, 0.15) is 20.3 Å². The molecule has 0 spiro atoms. The van der Waals surface area contributed by atoms with Crippen LogP contribution < -0.4 is 4.72 Å². The maximum absolute atomic E-state index is 10.8. The largest absolute Gasteiger partial charge is 0.221 e. The van der Waals surface area contributed by atoms with Crippen LogP contribution in [0, 0.1) is 0 Å². The Kier molecular flexibility index (Phi) is 4.47. The molecule has 0 heterocycles. The molecule has 0 saturated carbocycles. The van der Waals surface area contributed by atoms with Crippen LogP contribution in [0.3, 0.4) is 0 Å². The van der Waals surface area contributed by atoms with Crippen LogP contribution in [0.4, 0.5) is 0 Å². The van der Waals surface area contributed by atoms with Gasteiger partial charge in [0.25, 0.3) is 0 Å². The molecule has 0 amide bonds. The minimum atomic E-state index is -3.06. The van der Waals surface area contributed by atoms with Gasteiger partial charge in [0.15, 0.2) is 0 Å². The summed E-state index contributed by atoms with van der Waals surface area (Å²) in [5.74, 6) is 0. The van der Waals surface area contributed by atoms with E-state index in [9.17, 15) is 8.42 Å². The summed E-state index contributed by atoms with van der Waals surface area (Å²) in [6.45, 7) is 3.77. The lowest BCUT2D eigenvalue weighted by Gasteiger charge is -2.08. The number of nitrogens with one attached hydrogen (secondary N) is 1. The van der Waals surface area contributed by atoms with Crippen LogP contribution >= 0.6 is 15.9 Å². The highest BCUT2D eigenvalue weighted by molar-refractivity contribution is 9.10. The van der Waals surface area contributed by atoms with Gasteiger partial charge in [0.05, 0.1) is 0 Å². The highest BCUT2D eigenvalue weighted by Crippen LogP contribution is 1.95. The summed E-state index contributed by atoms with van der Waals surface area (Å²) in [4.78, 5) is 0. The lowest BCUT2D eigenvalue weighted by atomic mass is 10.3. The van der Waals surface area contributed by atoms with Crippen molar-refractivity contribution in [3.05, 3.63) is 0 Å². The Morgan fingerprint density at radius 2 is 2.10 bits per heavy atom. The zero-order chi connectivity index (χ0) is 8.20. The van der Waals surface area contributed by atoms with E-state index in [2.05, 4.69) is 20.7 Å². The van der Waals surface area contributed by atoms with Gasteiger partial charge in [-0.2, -0.15) is 0 Å². The summed E-state index contributed by atoms with van der Waals surface area (Å²) in [6.07, 6.45) is 0.812. The maximum atomic E-state index is 10.8. The molecular formula is C5H12BrNO2S. The van der Waals surface area contributed by atoms with Crippen molar-refractivity contribution < 1.29 is 8.42 Å². The minimum absolute atomic E-state index is 0.0235. The molecule has 3 nitrogen and oxygen atoms in total. The number of rotatable bonds is 4. The Labute approximate surface area is 70.4 Å². The maximum Gasteiger partial charge on any atom is 0.221 e. The Balaban J connectivity index is 3.90. The average Bonchev–Trinajstić information content (AvgIpc) is 1.87. The zero-order valence-corrected chi connectivity index (χ0v) is 8.50. The van der Waals surface area contributed by atoms with Crippen LogP contribution in [0.2, 0.25) is 0 Å². The Morgan fingerprint density at radius 3 is 2.40 bits per heavy atom. The van der Waals surface area contributed by atoms with Crippen molar-refractivity contribution in [1.29, 1.82) is 0 Å². The molecule has 0 saturated heterocycles. The van der Waals surface area contributed by atoms with Crippen LogP contribution in [0.15, 0.2) is 0 Å². The molecule has 10 heavy (non-hydrogen) atoms. The number of alkyl halides is 1. The standard InChI is InChI=1S/C5H12BrNO2S/c1-3-5(2)7-10(8,9)4-6/h5,7H,3-4H2,1-2H3. The van der Waals surface area contributed by atoms with Crippen LogP contribution in [0.5, 0.6) is 0 Å². The van der Waals surface area contributed by atoms with E-state index in [-0.39, 0.29) is 10.7 Å². The second-order valence-electron chi connectivity index (χ2n) is 2.15. The molecule has 1 unspecified atom stereocenters. The first-order valence-electron chi connectivity index (χ1n) is 3.07. The van der Waals surface area contributed by atoms with Gasteiger partial charge in [-0.05, 0) is 13.3 Å². The third-order valence-electron chi connectivity index (χ3n) is 1.14. The van der Waals surface area contributed by atoms with Crippen molar-refractivity contribution in [3.63, 3.8) is 0 Å². The highest BCUT2D eigenvalue weighted by Gasteiger charge is 2.09. The lowest BCUT2D eigenvalue weighted by Crippen LogP contribution is -2.32. The van der Waals surface area contributed by atoms with Crippen molar-refractivity contribution in [1.82, 2.24) is 4.72 Å². The molecule has 1 N–H and O–H groups in total. The molecule has 0 aromatic rings. The normalized spacial score (nSPS) is 15.1. The first-order chi connectivity index (χ1) is 4.52. The van der Waals surface area contributed by atoms with Crippen molar-refractivity contribution in [3.8, 4) is 0 Å². The number of hydrogen-bond acceptors (Lipinski definition) is 2. The minimum Gasteiger partial charge on any atom is -0.212 e. The summed E-state index contributed by atoms with van der Waals surface area (Å²) in [5, 5.41) is 0. The molecule has 0 radical (unpaired) electrons. The highest BCUT2D eigenvalue weighted by atomic mass is 79.9. The topological polar surface area (TPSA) is 46.2 Å². The number of halogens is 1. The summed E-state index contributed by atoms with van der Waals surface area (Å²) in [7, 11) is -3.06. The van der Waals surface area contributed by atoms with E-state index in [1.165, 1.54) is 0 Å². The van der Waals surface area contributed by atoms with Gasteiger partial charge >= 0.3 is 0 Å². The van der Waals surface area contributed by atoms with Crippen LogP contribution in [0.25, 0.3) is 0 Å². The van der Waals surface area contributed by atoms with Gasteiger partial charge < -0.3 is 0 Å². The molecule has 0 aliphatic heterocycles. The van der Waals surface area contributed by atoms with Gasteiger partial charge in [-0.15, -0.1) is 0 Å². The van der Waals surface area contributed by atoms with Gasteiger partial charge in [-0.25, -0.2) is 13.1 Å². The SMILES string of the molecule is CCC(C)NS(=O)(=O)CBr. The van der Waals surface area contributed by atoms with E-state index < -0.39 is 10.0 Å². The van der Waals surface area contributed by atoms with Gasteiger partial charge in [0.1, 0.15) is 4.66 Å². The molecule has 0 bridgehead atoms. The smallest absolute Gasteiger partial charge is 0.212 e. The molecule has 1 atom stereocenters. The van der Waals surface area contributed by atoms with Crippen LogP contribution in [-0.4, -0.2) is 19.1 Å². The summed E-state index contributed by atoms with van der Waals surface area (Å²) in [5.41, 5.74) is 0. The summed E-state index contributed by atoms with van der Waals surface area (Å²) < 4.78 is 24.1. The van der Waals surface area contributed by atoms with Crippen LogP contribution in [-0.2, 0) is 10.0 Å². The van der Waals surface area contributed by atoms with Crippen molar-refractivity contribution in [2.45, 2.75) is 26.3 Å². The number of sulfonamides is 1. The lowest BCUT2D eigenvalue weighted by molar-refractivity contribution is 0.561. The Bertz CT molecular complexity index is 178. The first kappa shape index (κ1) is 10.4. The molecule has 0 fully saturated rings. The van der Waals surface area contributed by atoms with Gasteiger partial charge in [-0.3, -0.25) is 0 Å². The molecule has 0 rings (SSSR count). The van der Waals surface area contributed by atoms with Gasteiger partial charge in [-0.1, -0.05) is 22.9 Å². The average molecular weight is 230 g/mol. The third kappa shape index (κ3) is 4.24. The molecule has 0 aromatic heterocycles. The molecular weight excluding hydrogens is 218 g/mol. The van der Waals surface area contributed by atoms with E-state index >= 15 is 0 Å². The summed E-state index contributed by atoms with van der Waals surface area (Å²) in [6, 6.07) is 0.0301. The fraction of sp³-hybridized carbons (Fsp3) is 1.00. The molecule has 0 aliphatic carbocycles. The van der Waals surface area contributed by atoms with Gasteiger partial charge in [0.2, 0.25) is 10.0 Å². The van der Waals surface area contributed by atoms with E-state index in [0.717, 1.165) is 6.42 Å². The number of hydrogen-bond donors (Lipinski definition) is 1. The molecule has 5 heteroatoms. The molecule has 62 valence electrons. The van der Waals surface area contributed by atoms with E-state index in [4.69, 9.17) is 0 Å². The predicted octanol–water partition coefficient (Wildman–Crippen LogP) is 1.06. The molecule has 0 aromatic carbocycles. The summed E-state index contributed by atoms with van der Waals surface area (Å²) >= 11 is 2.88. The second-order valence-corrected chi connectivity index (χ2v) is 5.21. The van der Waals surface area contributed by atoms with Crippen molar-refractivity contribution in [2.24, 2.45) is 0 Å². The van der Waals surface area contributed by atoms with Gasteiger partial charge in [0, 0.05) is 6.04 Å². The van der Waals surface area contributed by atoms with E-state index in [1.54, 1.807) is 0 Å². The van der Waals surface area contributed by atoms with E-state index in [0.29, 0.717) is 0 Å². The fourth-order valence-corrected chi connectivity index (χ4v) is 1.66. The molecule has 0 aliphatic rings. The quantitative estimate of drug-likeness (QED) is 0.734. The second kappa shape index (κ2) is 4.31. The van der Waals surface area contributed by atoms with Crippen molar-refractivity contribution >= 4 is 26.0 Å². The van der Waals surface area contributed by atoms with E-state index in [1.807, 2.05) is 13.8 Å². The first-order valence-corrected chi connectivity index (χ1v) is 5.85. The Hall–Kier alpha value is 0.390. The van der Waals surface area contributed by atoms with Crippen molar-refractivity contribution in [2.75, 3.05) is 4.66 Å². The monoisotopic (exact) mass is 229 g/mol. The third-order valence-corrected chi connectivity index (χ3v) is 3.99. The Morgan fingerprint density at radius 1 is 1.60 bits per heavy atom. The predicted molar refractivity (Wildman–Crippen MR) is 45.6 cm³/mol. The zero-order valence-electron chi connectivity index (χ0n) is 6.09. The fourth-order valence-electron chi connectivity index (χ4n) is 0.421.